The number of primary amides is 1. The lowest BCUT2D eigenvalue weighted by molar-refractivity contribution is -0.122. The summed E-state index contributed by atoms with van der Waals surface area (Å²) in [6, 6.07) is 3.22. The number of nitrogens with zero attached hydrogens (tertiary/aromatic N) is 1. The van der Waals surface area contributed by atoms with Crippen molar-refractivity contribution in [2.75, 3.05) is 19.6 Å². The van der Waals surface area contributed by atoms with Crippen LogP contribution < -0.4 is 11.1 Å². The maximum absolute atomic E-state index is 13.3. The van der Waals surface area contributed by atoms with Crippen molar-refractivity contribution >= 4 is 27.7 Å². The Morgan fingerprint density at radius 2 is 2.16 bits per heavy atom. The fourth-order valence-electron chi connectivity index (χ4n) is 2.04. The van der Waals surface area contributed by atoms with Crippen LogP contribution in [0.1, 0.15) is 10.4 Å². The summed E-state index contributed by atoms with van der Waals surface area (Å²) in [4.78, 5) is 25.0. The monoisotopic (exact) mass is 329 g/mol. The van der Waals surface area contributed by atoms with Crippen LogP contribution in [-0.4, -0.2) is 42.4 Å². The van der Waals surface area contributed by atoms with Gasteiger partial charge >= 0.3 is 0 Å². The summed E-state index contributed by atoms with van der Waals surface area (Å²) >= 11 is 3.13. The van der Waals surface area contributed by atoms with E-state index in [9.17, 15) is 14.0 Å². The molecule has 2 rings (SSSR count). The molecule has 1 unspecified atom stereocenters. The van der Waals surface area contributed by atoms with Gasteiger partial charge in [-0.1, -0.05) is 15.9 Å². The summed E-state index contributed by atoms with van der Waals surface area (Å²) in [7, 11) is 0. The molecular weight excluding hydrogens is 317 g/mol. The van der Waals surface area contributed by atoms with E-state index in [0.29, 0.717) is 24.1 Å². The molecule has 1 heterocycles. The van der Waals surface area contributed by atoms with Crippen molar-refractivity contribution < 1.29 is 14.0 Å². The third-order valence-corrected chi connectivity index (χ3v) is 3.40. The van der Waals surface area contributed by atoms with Crippen molar-refractivity contribution in [1.82, 2.24) is 10.2 Å². The lowest BCUT2D eigenvalue weighted by Gasteiger charge is -2.34. The zero-order valence-corrected chi connectivity index (χ0v) is 11.6. The van der Waals surface area contributed by atoms with Crippen LogP contribution >= 0.6 is 15.9 Å². The largest absolute Gasteiger partial charge is 0.368 e. The van der Waals surface area contributed by atoms with E-state index in [1.807, 2.05) is 0 Å². The minimum Gasteiger partial charge on any atom is -0.368 e. The fourth-order valence-corrected chi connectivity index (χ4v) is 2.51. The molecule has 0 saturated carbocycles. The lowest BCUT2D eigenvalue weighted by atomic mass is 10.1. The van der Waals surface area contributed by atoms with Crippen LogP contribution in [0.15, 0.2) is 22.7 Å². The first-order valence-electron chi connectivity index (χ1n) is 5.76. The maximum atomic E-state index is 13.3. The first-order valence-corrected chi connectivity index (χ1v) is 6.55. The summed E-state index contributed by atoms with van der Waals surface area (Å²) in [5, 5.41) is 3.00. The van der Waals surface area contributed by atoms with Gasteiger partial charge in [-0.05, 0) is 18.2 Å². The standard InChI is InChI=1S/C12H13BrFN3O2/c13-8-3-7(4-9(14)5-8)12(19)17-2-1-16-6-10(17)11(15)18/h3-5,10,16H,1-2,6H2,(H2,15,18). The molecule has 102 valence electrons. The fraction of sp³-hybridized carbons (Fsp3) is 0.333. The van der Waals surface area contributed by atoms with Crippen LogP contribution in [0.4, 0.5) is 4.39 Å². The third kappa shape index (κ3) is 3.10. The number of hydrogen-bond acceptors (Lipinski definition) is 3. The number of benzene rings is 1. The van der Waals surface area contributed by atoms with Crippen molar-refractivity contribution in [3.8, 4) is 0 Å². The van der Waals surface area contributed by atoms with Gasteiger partial charge in [-0.25, -0.2) is 4.39 Å². The maximum Gasteiger partial charge on any atom is 0.254 e. The predicted octanol–water partition coefficient (Wildman–Crippen LogP) is 0.488. The van der Waals surface area contributed by atoms with E-state index >= 15 is 0 Å². The first-order chi connectivity index (χ1) is 8.99. The molecule has 19 heavy (non-hydrogen) atoms. The third-order valence-electron chi connectivity index (χ3n) is 2.94. The Labute approximate surface area is 118 Å². The molecule has 0 spiro atoms. The highest BCUT2D eigenvalue weighted by Gasteiger charge is 2.31. The van der Waals surface area contributed by atoms with E-state index in [-0.39, 0.29) is 5.56 Å². The number of nitrogens with two attached hydrogens (primary N) is 1. The van der Waals surface area contributed by atoms with Gasteiger partial charge in [-0.3, -0.25) is 9.59 Å². The first kappa shape index (κ1) is 14.0. The van der Waals surface area contributed by atoms with Crippen LogP contribution in [0.2, 0.25) is 0 Å². The van der Waals surface area contributed by atoms with E-state index < -0.39 is 23.7 Å². The molecule has 0 aliphatic carbocycles. The Bertz CT molecular complexity index is 503. The zero-order chi connectivity index (χ0) is 14.0. The SMILES string of the molecule is NC(=O)C1CNCCN1C(=O)c1cc(F)cc(Br)c1. The number of amides is 2. The molecular formula is C12H13BrFN3O2. The van der Waals surface area contributed by atoms with Gasteiger partial charge in [-0.15, -0.1) is 0 Å². The molecule has 3 N–H and O–H groups in total. The summed E-state index contributed by atoms with van der Waals surface area (Å²) < 4.78 is 13.8. The van der Waals surface area contributed by atoms with E-state index in [0.717, 1.165) is 6.07 Å². The molecule has 0 radical (unpaired) electrons. The minimum atomic E-state index is -0.705. The number of carbonyl (C=O) groups is 2. The average Bonchev–Trinajstić information content (AvgIpc) is 2.36. The molecule has 1 aliphatic rings. The number of nitrogens with one attached hydrogen (secondary N) is 1. The molecule has 1 atom stereocenters. The van der Waals surface area contributed by atoms with Gasteiger partial charge in [0.25, 0.3) is 5.91 Å². The van der Waals surface area contributed by atoms with Gasteiger partial charge in [0.2, 0.25) is 5.91 Å². The Balaban J connectivity index is 2.28. The van der Waals surface area contributed by atoms with Gasteiger partial charge in [0, 0.05) is 29.7 Å². The number of halogens is 2. The number of rotatable bonds is 2. The average molecular weight is 330 g/mol. The summed E-state index contributed by atoms with van der Waals surface area (Å²) in [5.41, 5.74) is 5.47. The molecule has 7 heteroatoms. The molecule has 0 bridgehead atoms. The van der Waals surface area contributed by atoms with Crippen LogP contribution in [0.25, 0.3) is 0 Å². The highest BCUT2D eigenvalue weighted by atomic mass is 79.9. The summed E-state index contributed by atoms with van der Waals surface area (Å²) in [6.07, 6.45) is 0. The summed E-state index contributed by atoms with van der Waals surface area (Å²) in [5.74, 6) is -1.48. The molecule has 1 saturated heterocycles. The van der Waals surface area contributed by atoms with Crippen molar-refractivity contribution in [2.24, 2.45) is 5.73 Å². The van der Waals surface area contributed by atoms with E-state index in [2.05, 4.69) is 21.2 Å². The minimum absolute atomic E-state index is 0.194. The van der Waals surface area contributed by atoms with Crippen LogP contribution in [0.3, 0.4) is 0 Å². The summed E-state index contributed by atoms with van der Waals surface area (Å²) in [6.45, 7) is 1.25. The lowest BCUT2D eigenvalue weighted by Crippen LogP contribution is -2.58. The van der Waals surface area contributed by atoms with Crippen LogP contribution in [0.5, 0.6) is 0 Å². The normalized spacial score (nSPS) is 19.3. The Hall–Kier alpha value is -1.47. The van der Waals surface area contributed by atoms with Gasteiger partial charge in [0.15, 0.2) is 0 Å². The molecule has 2 amide bonds. The van der Waals surface area contributed by atoms with Crippen molar-refractivity contribution in [1.29, 1.82) is 0 Å². The topological polar surface area (TPSA) is 75.4 Å². The van der Waals surface area contributed by atoms with Crippen molar-refractivity contribution in [3.63, 3.8) is 0 Å². The molecule has 0 aromatic heterocycles. The smallest absolute Gasteiger partial charge is 0.254 e. The Kier molecular flexibility index (Phi) is 4.16. The van der Waals surface area contributed by atoms with Gasteiger partial charge < -0.3 is 16.0 Å². The Morgan fingerprint density at radius 1 is 1.42 bits per heavy atom. The second-order valence-corrected chi connectivity index (χ2v) is 5.19. The highest BCUT2D eigenvalue weighted by Crippen LogP contribution is 2.18. The van der Waals surface area contributed by atoms with E-state index in [1.54, 1.807) is 0 Å². The van der Waals surface area contributed by atoms with E-state index in [4.69, 9.17) is 5.73 Å². The van der Waals surface area contributed by atoms with Gasteiger partial charge in [0.1, 0.15) is 11.9 Å². The van der Waals surface area contributed by atoms with Gasteiger partial charge in [0.05, 0.1) is 0 Å². The predicted molar refractivity (Wildman–Crippen MR) is 71.0 cm³/mol. The molecule has 1 aromatic carbocycles. The molecule has 5 nitrogen and oxygen atoms in total. The molecule has 1 fully saturated rings. The van der Waals surface area contributed by atoms with E-state index in [1.165, 1.54) is 17.0 Å². The van der Waals surface area contributed by atoms with Gasteiger partial charge in [-0.2, -0.15) is 0 Å². The second-order valence-electron chi connectivity index (χ2n) is 4.28. The molecule has 1 aromatic rings. The Morgan fingerprint density at radius 3 is 2.79 bits per heavy atom. The van der Waals surface area contributed by atoms with Crippen molar-refractivity contribution in [3.05, 3.63) is 34.1 Å². The number of piperazine rings is 1. The van der Waals surface area contributed by atoms with Crippen LogP contribution in [-0.2, 0) is 4.79 Å². The number of hydrogen-bond donors (Lipinski definition) is 2. The van der Waals surface area contributed by atoms with Crippen molar-refractivity contribution in [2.45, 2.75) is 6.04 Å². The highest BCUT2D eigenvalue weighted by molar-refractivity contribution is 9.10. The molecule has 1 aliphatic heterocycles. The van der Waals surface area contributed by atoms with Crippen LogP contribution in [0, 0.1) is 5.82 Å². The quantitative estimate of drug-likeness (QED) is 0.829. The second kappa shape index (κ2) is 5.66. The number of carbonyl (C=O) groups excluding carboxylic acids is 2. The zero-order valence-electron chi connectivity index (χ0n) is 10.0.